The monoisotopic (exact) mass is 302 g/mol. The number of anilines is 1. The highest BCUT2D eigenvalue weighted by Gasteiger charge is 2.36. The molecule has 1 saturated heterocycles. The predicted octanol–water partition coefficient (Wildman–Crippen LogP) is 2.34. The Morgan fingerprint density at radius 1 is 1.44 bits per heavy atom. The Kier molecular flexibility index (Phi) is 5.01. The summed E-state index contributed by atoms with van der Waals surface area (Å²) in [4.78, 5) is 7.13. The van der Waals surface area contributed by atoms with E-state index in [9.17, 15) is 13.2 Å². The fraction of sp³-hybridized carbons (Fsp3) is 0.556. The highest BCUT2D eigenvalue weighted by Crippen LogP contribution is 2.33. The number of halogens is 5. The first-order chi connectivity index (χ1) is 7.97. The van der Waals surface area contributed by atoms with Crippen molar-refractivity contribution in [2.24, 2.45) is 0 Å². The Bertz CT molecular complexity index is 407. The van der Waals surface area contributed by atoms with Crippen molar-refractivity contribution in [1.82, 2.24) is 15.3 Å². The van der Waals surface area contributed by atoms with Gasteiger partial charge in [0.15, 0.2) is 5.69 Å². The maximum absolute atomic E-state index is 12.5. The first-order valence-corrected chi connectivity index (χ1v) is 5.41. The van der Waals surface area contributed by atoms with Gasteiger partial charge in [-0.3, -0.25) is 0 Å². The van der Waals surface area contributed by atoms with E-state index in [1.165, 1.54) is 0 Å². The Balaban J connectivity index is 0.00000162. The molecule has 0 spiro atoms. The van der Waals surface area contributed by atoms with E-state index in [4.69, 9.17) is 11.6 Å². The zero-order valence-corrected chi connectivity index (χ0v) is 10.7. The van der Waals surface area contributed by atoms with E-state index in [1.54, 1.807) is 0 Å². The van der Waals surface area contributed by atoms with Gasteiger partial charge in [-0.25, -0.2) is 9.97 Å². The topological polar surface area (TPSA) is 49.8 Å². The minimum absolute atomic E-state index is 0. The molecule has 1 aromatic rings. The van der Waals surface area contributed by atoms with Gasteiger partial charge in [0.1, 0.15) is 0 Å². The summed E-state index contributed by atoms with van der Waals surface area (Å²) in [6.07, 6.45) is -2.78. The standard InChI is InChI=1S/C9H10ClF3N4.ClH/c10-6-4-15-8(16-5-1-2-14-3-5)17-7(6)9(11,12)13;/h4-5,14H,1-3H2,(H,15,16,17);1H. The van der Waals surface area contributed by atoms with Gasteiger partial charge in [0.2, 0.25) is 5.95 Å². The molecular formula is C9H11Cl2F3N4. The smallest absolute Gasteiger partial charge is 0.350 e. The van der Waals surface area contributed by atoms with Crippen molar-refractivity contribution in [3.63, 3.8) is 0 Å². The molecular weight excluding hydrogens is 292 g/mol. The Morgan fingerprint density at radius 2 is 2.17 bits per heavy atom. The number of nitrogens with one attached hydrogen (secondary N) is 2. The summed E-state index contributed by atoms with van der Waals surface area (Å²) in [6, 6.07) is 0.0530. The molecule has 4 nitrogen and oxygen atoms in total. The van der Waals surface area contributed by atoms with Crippen molar-refractivity contribution < 1.29 is 13.2 Å². The zero-order chi connectivity index (χ0) is 12.5. The second kappa shape index (κ2) is 5.90. The average molecular weight is 303 g/mol. The lowest BCUT2D eigenvalue weighted by Crippen LogP contribution is -2.24. The van der Waals surface area contributed by atoms with Crippen molar-refractivity contribution in [3.05, 3.63) is 16.9 Å². The van der Waals surface area contributed by atoms with E-state index >= 15 is 0 Å². The molecule has 2 N–H and O–H groups in total. The summed E-state index contributed by atoms with van der Waals surface area (Å²) in [6.45, 7) is 1.52. The summed E-state index contributed by atoms with van der Waals surface area (Å²) in [7, 11) is 0. The molecule has 0 aromatic carbocycles. The van der Waals surface area contributed by atoms with Crippen LogP contribution in [0.1, 0.15) is 12.1 Å². The lowest BCUT2D eigenvalue weighted by atomic mass is 10.3. The van der Waals surface area contributed by atoms with E-state index in [-0.39, 0.29) is 24.4 Å². The summed E-state index contributed by atoms with van der Waals surface area (Å²) in [5.74, 6) is -0.0459. The largest absolute Gasteiger partial charge is 0.435 e. The molecule has 1 atom stereocenters. The quantitative estimate of drug-likeness (QED) is 0.880. The fourth-order valence-corrected chi connectivity index (χ4v) is 1.79. The molecule has 1 aliphatic rings. The predicted molar refractivity (Wildman–Crippen MR) is 64.2 cm³/mol. The SMILES string of the molecule is Cl.FC(F)(F)c1nc(NC2CCNC2)ncc1Cl. The summed E-state index contributed by atoms with van der Waals surface area (Å²) in [5.41, 5.74) is -1.11. The van der Waals surface area contributed by atoms with Gasteiger partial charge in [-0.1, -0.05) is 11.6 Å². The number of alkyl halides is 3. The third-order valence-corrected chi connectivity index (χ3v) is 2.68. The van der Waals surface area contributed by atoms with Crippen molar-refractivity contribution in [1.29, 1.82) is 0 Å². The molecule has 0 saturated carbocycles. The minimum Gasteiger partial charge on any atom is -0.350 e. The van der Waals surface area contributed by atoms with Crippen LogP contribution < -0.4 is 10.6 Å². The Hall–Kier alpha value is -0.790. The van der Waals surface area contributed by atoms with Crippen molar-refractivity contribution in [3.8, 4) is 0 Å². The number of nitrogens with zero attached hydrogens (tertiary/aromatic N) is 2. The highest BCUT2D eigenvalue weighted by molar-refractivity contribution is 6.31. The van der Waals surface area contributed by atoms with Crippen LogP contribution in [0.5, 0.6) is 0 Å². The molecule has 0 aliphatic carbocycles. The van der Waals surface area contributed by atoms with Gasteiger partial charge in [0, 0.05) is 12.6 Å². The van der Waals surface area contributed by atoms with Crippen molar-refractivity contribution in [2.45, 2.75) is 18.6 Å². The van der Waals surface area contributed by atoms with Crippen LogP contribution in [0.4, 0.5) is 19.1 Å². The summed E-state index contributed by atoms with van der Waals surface area (Å²) in [5, 5.41) is 5.43. The van der Waals surface area contributed by atoms with Crippen LogP contribution in [-0.4, -0.2) is 29.1 Å². The zero-order valence-electron chi connectivity index (χ0n) is 9.09. The first kappa shape index (κ1) is 15.3. The number of hydrogen-bond acceptors (Lipinski definition) is 4. The third kappa shape index (κ3) is 3.60. The molecule has 1 unspecified atom stereocenters. The highest BCUT2D eigenvalue weighted by atomic mass is 35.5. The second-order valence-electron chi connectivity index (χ2n) is 3.72. The molecule has 1 aliphatic heterocycles. The molecule has 9 heteroatoms. The average Bonchev–Trinajstić information content (AvgIpc) is 2.72. The maximum atomic E-state index is 12.5. The number of rotatable bonds is 2. The molecule has 1 aromatic heterocycles. The maximum Gasteiger partial charge on any atom is 0.435 e. The van der Waals surface area contributed by atoms with Crippen LogP contribution in [0.2, 0.25) is 5.02 Å². The van der Waals surface area contributed by atoms with Gasteiger partial charge >= 0.3 is 6.18 Å². The molecule has 0 amide bonds. The van der Waals surface area contributed by atoms with Crippen LogP contribution in [0.25, 0.3) is 0 Å². The van der Waals surface area contributed by atoms with E-state index in [2.05, 4.69) is 20.6 Å². The van der Waals surface area contributed by atoms with Gasteiger partial charge in [-0.2, -0.15) is 13.2 Å². The first-order valence-electron chi connectivity index (χ1n) is 5.04. The third-order valence-electron chi connectivity index (χ3n) is 2.41. The van der Waals surface area contributed by atoms with Gasteiger partial charge in [0.25, 0.3) is 0 Å². The molecule has 1 fully saturated rings. The van der Waals surface area contributed by atoms with E-state index in [0.717, 1.165) is 19.2 Å². The second-order valence-corrected chi connectivity index (χ2v) is 4.13. The van der Waals surface area contributed by atoms with Crippen LogP contribution in [0.3, 0.4) is 0 Å². The van der Waals surface area contributed by atoms with Crippen LogP contribution >= 0.6 is 24.0 Å². The van der Waals surface area contributed by atoms with E-state index in [1.807, 2.05) is 0 Å². The molecule has 0 radical (unpaired) electrons. The fourth-order valence-electron chi connectivity index (χ4n) is 1.60. The van der Waals surface area contributed by atoms with E-state index < -0.39 is 16.9 Å². The molecule has 2 heterocycles. The lowest BCUT2D eigenvalue weighted by Gasteiger charge is -2.13. The number of hydrogen-bond donors (Lipinski definition) is 2. The normalized spacial score (nSPS) is 19.4. The molecule has 102 valence electrons. The van der Waals surface area contributed by atoms with Gasteiger partial charge in [0.05, 0.1) is 11.2 Å². The van der Waals surface area contributed by atoms with Gasteiger partial charge < -0.3 is 10.6 Å². The Labute approximate surface area is 113 Å². The van der Waals surface area contributed by atoms with Crippen molar-refractivity contribution >= 4 is 30.0 Å². The summed E-state index contributed by atoms with van der Waals surface area (Å²) >= 11 is 5.41. The lowest BCUT2D eigenvalue weighted by molar-refractivity contribution is -0.141. The van der Waals surface area contributed by atoms with Crippen LogP contribution in [0, 0.1) is 0 Å². The minimum atomic E-state index is -4.57. The van der Waals surface area contributed by atoms with E-state index in [0.29, 0.717) is 6.54 Å². The Morgan fingerprint density at radius 3 is 2.72 bits per heavy atom. The molecule has 0 bridgehead atoms. The van der Waals surface area contributed by atoms with Crippen LogP contribution in [-0.2, 0) is 6.18 Å². The van der Waals surface area contributed by atoms with Gasteiger partial charge in [-0.15, -0.1) is 12.4 Å². The van der Waals surface area contributed by atoms with Crippen molar-refractivity contribution in [2.75, 3.05) is 18.4 Å². The molecule has 18 heavy (non-hydrogen) atoms. The number of aromatic nitrogens is 2. The molecule has 2 rings (SSSR count). The summed E-state index contributed by atoms with van der Waals surface area (Å²) < 4.78 is 37.6. The van der Waals surface area contributed by atoms with Crippen LogP contribution in [0.15, 0.2) is 6.20 Å². The van der Waals surface area contributed by atoms with Gasteiger partial charge in [-0.05, 0) is 13.0 Å².